The largest absolute Gasteiger partial charge is 0.477 e. The molecule has 5 atom stereocenters. The van der Waals surface area contributed by atoms with Crippen LogP contribution >= 0.6 is 23.1 Å². The summed E-state index contributed by atoms with van der Waals surface area (Å²) in [4.78, 5) is 27.7. The summed E-state index contributed by atoms with van der Waals surface area (Å²) in [6, 6.07) is -0.363. The quantitative estimate of drug-likeness (QED) is 0.275. The number of imidazole rings is 1. The van der Waals surface area contributed by atoms with E-state index in [9.17, 15) is 24.2 Å². The molecule has 4 heterocycles. The van der Waals surface area contributed by atoms with E-state index >= 15 is 0 Å². The molecule has 0 bridgehead atoms. The lowest BCUT2D eigenvalue weighted by molar-refractivity contribution is -0.736. The standard InChI is InChI=1S/C20H25FN4O5S2/c1-9-13(16(20(28)29)25-15(9)14(10(2)26)17(25)27)12-6-24-8-23(5-11(4-22)30-7-21)18(31-3)19(24)32-12/h6,8-11,14-15,26H,4-5,7,22H2,1-3H3/p+1/t9-,10+,11+,14+,15-/m0/s1. The molecule has 2 aromatic heterocycles. The molecule has 0 spiro atoms. The maximum Gasteiger partial charge on any atom is 0.352 e. The highest BCUT2D eigenvalue weighted by atomic mass is 32.2. The number of aliphatic carboxylic acids is 1. The molecule has 2 aromatic rings. The van der Waals surface area contributed by atoms with Gasteiger partial charge in [0, 0.05) is 18.0 Å². The molecule has 1 amide bonds. The van der Waals surface area contributed by atoms with E-state index in [4.69, 9.17) is 10.5 Å². The summed E-state index contributed by atoms with van der Waals surface area (Å²) in [5, 5.41) is 20.9. The van der Waals surface area contributed by atoms with Crippen LogP contribution in [0.4, 0.5) is 4.39 Å². The summed E-state index contributed by atoms with van der Waals surface area (Å²) in [7, 11) is 0. The summed E-state index contributed by atoms with van der Waals surface area (Å²) >= 11 is 2.95. The van der Waals surface area contributed by atoms with Crippen molar-refractivity contribution in [3.8, 4) is 0 Å². The van der Waals surface area contributed by atoms with Crippen LogP contribution in [0.1, 0.15) is 18.7 Å². The molecule has 4 rings (SSSR count). The van der Waals surface area contributed by atoms with Crippen LogP contribution in [0.3, 0.4) is 0 Å². The molecule has 0 aliphatic carbocycles. The van der Waals surface area contributed by atoms with Crippen molar-refractivity contribution in [2.24, 2.45) is 17.6 Å². The first kappa shape index (κ1) is 23.2. The number of halogens is 1. The third-order valence-corrected chi connectivity index (χ3v) is 8.29. The summed E-state index contributed by atoms with van der Waals surface area (Å²) in [6.45, 7) is 3.12. The van der Waals surface area contributed by atoms with Crippen LogP contribution in [0.2, 0.25) is 0 Å². The van der Waals surface area contributed by atoms with Gasteiger partial charge in [0.15, 0.2) is 6.86 Å². The van der Waals surface area contributed by atoms with Crippen molar-refractivity contribution >= 4 is 45.4 Å². The van der Waals surface area contributed by atoms with Gasteiger partial charge < -0.3 is 25.6 Å². The zero-order chi connectivity index (χ0) is 23.3. The Hall–Kier alpha value is -1.99. The first-order chi connectivity index (χ1) is 15.2. The Morgan fingerprint density at radius 3 is 2.78 bits per heavy atom. The van der Waals surface area contributed by atoms with E-state index in [1.807, 2.05) is 34.7 Å². The Balaban J connectivity index is 1.74. The molecule has 1 fully saturated rings. The minimum Gasteiger partial charge on any atom is -0.477 e. The number of aromatic nitrogens is 2. The molecule has 2 aliphatic heterocycles. The number of hydrogen-bond acceptors (Lipinski definition) is 7. The van der Waals surface area contributed by atoms with Gasteiger partial charge in [0.25, 0.3) is 6.33 Å². The topological polar surface area (TPSA) is 121 Å². The number of carboxylic acids is 1. The van der Waals surface area contributed by atoms with Gasteiger partial charge in [0.05, 0.1) is 22.9 Å². The van der Waals surface area contributed by atoms with Gasteiger partial charge in [-0.2, -0.15) is 4.40 Å². The number of thioether (sulfide) groups is 1. The predicted molar refractivity (Wildman–Crippen MR) is 117 cm³/mol. The molecule has 32 heavy (non-hydrogen) atoms. The molecule has 0 radical (unpaired) electrons. The fourth-order valence-corrected chi connectivity index (χ4v) is 6.98. The molecule has 1 saturated heterocycles. The third-order valence-electron chi connectivity index (χ3n) is 6.20. The number of fused-ring (bicyclic) bond motifs is 2. The smallest absolute Gasteiger partial charge is 0.352 e. The van der Waals surface area contributed by atoms with Crippen LogP contribution in [0.15, 0.2) is 23.2 Å². The van der Waals surface area contributed by atoms with Gasteiger partial charge >= 0.3 is 5.97 Å². The lowest BCUT2D eigenvalue weighted by Crippen LogP contribution is -2.63. The van der Waals surface area contributed by atoms with E-state index < -0.39 is 31.0 Å². The van der Waals surface area contributed by atoms with Crippen molar-refractivity contribution in [2.45, 2.75) is 43.7 Å². The van der Waals surface area contributed by atoms with Gasteiger partial charge in [0.2, 0.25) is 15.8 Å². The highest BCUT2D eigenvalue weighted by Gasteiger charge is 2.60. The average molecular weight is 486 g/mol. The normalized spacial score (nSPS) is 24.8. The second-order valence-electron chi connectivity index (χ2n) is 8.04. The van der Waals surface area contributed by atoms with Crippen LogP contribution in [0.5, 0.6) is 0 Å². The van der Waals surface area contributed by atoms with E-state index in [1.165, 1.54) is 28.0 Å². The Labute approximate surface area is 192 Å². The van der Waals surface area contributed by atoms with E-state index in [2.05, 4.69) is 0 Å². The van der Waals surface area contributed by atoms with Crippen LogP contribution < -0.4 is 10.3 Å². The van der Waals surface area contributed by atoms with Gasteiger partial charge in [-0.25, -0.2) is 13.8 Å². The number of amides is 1. The second-order valence-corrected chi connectivity index (χ2v) is 9.87. The molecule has 0 aromatic carbocycles. The molecule has 4 N–H and O–H groups in total. The minimum absolute atomic E-state index is 0.00739. The lowest BCUT2D eigenvalue weighted by Gasteiger charge is -2.46. The van der Waals surface area contributed by atoms with Gasteiger partial charge in [0.1, 0.15) is 24.5 Å². The molecule has 174 valence electrons. The lowest BCUT2D eigenvalue weighted by atomic mass is 9.77. The number of hydrogen-bond donors (Lipinski definition) is 3. The molecule has 9 nitrogen and oxygen atoms in total. The highest BCUT2D eigenvalue weighted by Crippen LogP contribution is 2.51. The number of aliphatic hydroxyl groups is 1. The van der Waals surface area contributed by atoms with Crippen molar-refractivity contribution in [3.05, 3.63) is 23.1 Å². The Kier molecular flexibility index (Phi) is 6.34. The van der Waals surface area contributed by atoms with Crippen molar-refractivity contribution in [1.29, 1.82) is 0 Å². The van der Waals surface area contributed by atoms with Crippen LogP contribution in [-0.4, -0.2) is 69.3 Å². The van der Waals surface area contributed by atoms with Crippen LogP contribution in [0, 0.1) is 11.8 Å². The number of thiazole rings is 1. The zero-order valence-electron chi connectivity index (χ0n) is 17.9. The Bertz CT molecular complexity index is 1100. The van der Waals surface area contributed by atoms with E-state index in [0.717, 1.165) is 14.7 Å². The number of carbonyl (C=O) groups excluding carboxylic acids is 1. The molecule has 12 heteroatoms. The fraction of sp³-hybridized carbons (Fsp3) is 0.550. The number of nitrogens with zero attached hydrogens (tertiary/aromatic N) is 3. The summed E-state index contributed by atoms with van der Waals surface area (Å²) < 4.78 is 21.5. The fourth-order valence-electron chi connectivity index (χ4n) is 4.79. The van der Waals surface area contributed by atoms with E-state index in [-0.39, 0.29) is 30.1 Å². The Morgan fingerprint density at radius 2 is 2.22 bits per heavy atom. The van der Waals surface area contributed by atoms with Crippen molar-refractivity contribution in [3.63, 3.8) is 0 Å². The van der Waals surface area contributed by atoms with Crippen molar-refractivity contribution in [1.82, 2.24) is 9.30 Å². The number of carboxylic acid groups (broad SMARTS) is 1. The SMILES string of the molecule is CSc1c2sc(C3=C(C(=O)O)N4C(=O)[C@H]([C@@H](C)O)[C@@H]4[C@H]3C)cn2c[n+]1C[C@@H](CN)OCF. The van der Waals surface area contributed by atoms with Crippen LogP contribution in [-0.2, 0) is 20.9 Å². The summed E-state index contributed by atoms with van der Waals surface area (Å²) in [6.07, 6.45) is 4.33. The minimum atomic E-state index is -1.15. The number of β-lactam (4-membered cyclic amide) rings is 1. The predicted octanol–water partition coefficient (Wildman–Crippen LogP) is 0.934. The number of nitrogens with two attached hydrogens (primary N) is 1. The molecule has 2 aliphatic rings. The average Bonchev–Trinajstić information content (AvgIpc) is 3.34. The molecule has 0 unspecified atom stereocenters. The number of rotatable bonds is 9. The molecular weight excluding hydrogens is 459 g/mol. The molecule has 0 saturated carbocycles. The Morgan fingerprint density at radius 1 is 1.50 bits per heavy atom. The van der Waals surface area contributed by atoms with Crippen LogP contribution in [0.25, 0.3) is 10.4 Å². The maximum absolute atomic E-state index is 12.6. The zero-order valence-corrected chi connectivity index (χ0v) is 19.5. The number of alkyl halides is 1. The first-order valence-electron chi connectivity index (χ1n) is 10.2. The number of ether oxygens (including phenoxy) is 1. The first-order valence-corrected chi connectivity index (χ1v) is 12.2. The van der Waals surface area contributed by atoms with Gasteiger partial charge in [-0.1, -0.05) is 30.0 Å². The van der Waals surface area contributed by atoms with Crippen molar-refractivity contribution in [2.75, 3.05) is 19.7 Å². The highest BCUT2D eigenvalue weighted by molar-refractivity contribution is 7.98. The third kappa shape index (κ3) is 3.45. The second kappa shape index (κ2) is 8.75. The molecular formula is C20H26FN4O5S2+. The maximum atomic E-state index is 12.6. The van der Waals surface area contributed by atoms with E-state index in [1.54, 1.807) is 6.92 Å². The van der Waals surface area contributed by atoms with E-state index in [0.29, 0.717) is 12.1 Å². The number of aliphatic hydroxyl groups excluding tert-OH is 1. The van der Waals surface area contributed by atoms with Gasteiger partial charge in [-0.15, -0.1) is 0 Å². The number of carbonyl (C=O) groups is 2. The van der Waals surface area contributed by atoms with Gasteiger partial charge in [-0.3, -0.25) is 4.79 Å². The summed E-state index contributed by atoms with van der Waals surface area (Å²) in [5.74, 6) is -2.34. The summed E-state index contributed by atoms with van der Waals surface area (Å²) in [5.41, 5.74) is 6.28. The monoisotopic (exact) mass is 485 g/mol. The van der Waals surface area contributed by atoms with Gasteiger partial charge in [-0.05, 0) is 13.2 Å². The van der Waals surface area contributed by atoms with Crippen molar-refractivity contribution < 1.29 is 33.5 Å².